The first-order chi connectivity index (χ1) is 17.4. The molecule has 208 valence electrons. The fourth-order valence-electron chi connectivity index (χ4n) is 4.27. The van der Waals surface area contributed by atoms with Crippen molar-refractivity contribution in [3.63, 3.8) is 0 Å². The molecule has 0 aromatic heterocycles. The van der Waals surface area contributed by atoms with Crippen LogP contribution in [0.4, 0.5) is 4.79 Å². The minimum atomic E-state index is -0.874. The number of nitrogens with zero attached hydrogens (tertiary/aromatic N) is 1. The van der Waals surface area contributed by atoms with Crippen molar-refractivity contribution in [1.82, 2.24) is 15.5 Å². The summed E-state index contributed by atoms with van der Waals surface area (Å²) >= 11 is 1.58. The van der Waals surface area contributed by atoms with Crippen LogP contribution in [0.5, 0.6) is 5.75 Å². The Labute approximate surface area is 226 Å². The summed E-state index contributed by atoms with van der Waals surface area (Å²) in [4.78, 5) is 42.1. The number of amides is 3. The molecule has 0 heterocycles. The van der Waals surface area contributed by atoms with E-state index < -0.39 is 23.8 Å². The van der Waals surface area contributed by atoms with Crippen LogP contribution in [0.3, 0.4) is 0 Å². The van der Waals surface area contributed by atoms with Crippen molar-refractivity contribution in [3.05, 3.63) is 29.3 Å². The monoisotopic (exact) mass is 535 g/mol. The highest BCUT2D eigenvalue weighted by Crippen LogP contribution is 2.41. The number of nitrogens with one attached hydrogen (secondary N) is 2. The SMILES string of the molecule is CCCCCNC(=O)C(c1ccc(O)c(C)c1)N(C(=O)C(CCSC)NC(=O)OC(C)(C)C)C1CC1C. The number of carbonyl (C=O) groups is 3. The van der Waals surface area contributed by atoms with E-state index in [4.69, 9.17) is 4.74 Å². The van der Waals surface area contributed by atoms with Crippen molar-refractivity contribution < 1.29 is 24.2 Å². The third-order valence-corrected chi connectivity index (χ3v) is 7.07. The second-order valence-corrected chi connectivity index (χ2v) is 11.9. The summed E-state index contributed by atoms with van der Waals surface area (Å²) in [5, 5.41) is 15.9. The van der Waals surface area contributed by atoms with Gasteiger partial charge in [-0.3, -0.25) is 9.59 Å². The van der Waals surface area contributed by atoms with Gasteiger partial charge in [-0.25, -0.2) is 4.79 Å². The van der Waals surface area contributed by atoms with Crippen LogP contribution < -0.4 is 10.6 Å². The first-order valence-corrected chi connectivity index (χ1v) is 14.7. The Kier molecular flexibility index (Phi) is 11.6. The normalized spacial score (nSPS) is 18.5. The van der Waals surface area contributed by atoms with Crippen molar-refractivity contribution in [3.8, 4) is 5.75 Å². The molecule has 0 radical (unpaired) electrons. The molecule has 9 heteroatoms. The molecule has 3 N–H and O–H groups in total. The van der Waals surface area contributed by atoms with E-state index in [-0.39, 0.29) is 29.5 Å². The lowest BCUT2D eigenvalue weighted by Gasteiger charge is -2.35. The Hall–Kier alpha value is -2.42. The number of phenols is 1. The summed E-state index contributed by atoms with van der Waals surface area (Å²) in [7, 11) is 0. The van der Waals surface area contributed by atoms with Gasteiger partial charge in [-0.05, 0) is 88.1 Å². The molecule has 1 saturated carbocycles. The van der Waals surface area contributed by atoms with Crippen molar-refractivity contribution in [2.24, 2.45) is 5.92 Å². The van der Waals surface area contributed by atoms with Gasteiger partial charge in [0.05, 0.1) is 0 Å². The van der Waals surface area contributed by atoms with Gasteiger partial charge in [-0.1, -0.05) is 32.8 Å². The highest BCUT2D eigenvalue weighted by atomic mass is 32.2. The van der Waals surface area contributed by atoms with Crippen LogP contribution in [0.25, 0.3) is 0 Å². The molecule has 1 aromatic rings. The van der Waals surface area contributed by atoms with E-state index in [0.717, 1.165) is 25.7 Å². The average molecular weight is 536 g/mol. The van der Waals surface area contributed by atoms with E-state index in [2.05, 4.69) is 24.5 Å². The van der Waals surface area contributed by atoms with Gasteiger partial charge in [0.15, 0.2) is 0 Å². The van der Waals surface area contributed by atoms with E-state index in [0.29, 0.717) is 29.8 Å². The number of benzene rings is 1. The number of carbonyl (C=O) groups excluding carboxylic acids is 3. The van der Waals surface area contributed by atoms with Gasteiger partial charge in [-0.2, -0.15) is 11.8 Å². The van der Waals surface area contributed by atoms with Gasteiger partial charge in [0.25, 0.3) is 0 Å². The lowest BCUT2D eigenvalue weighted by atomic mass is 9.99. The Bertz CT molecular complexity index is 933. The Balaban J connectivity index is 2.45. The number of aryl methyl sites for hydroxylation is 1. The number of unbranched alkanes of at least 4 members (excludes halogenated alkanes) is 2. The summed E-state index contributed by atoms with van der Waals surface area (Å²) in [6, 6.07) is 3.20. The summed E-state index contributed by atoms with van der Waals surface area (Å²) in [5.41, 5.74) is 0.562. The summed E-state index contributed by atoms with van der Waals surface area (Å²) in [5.74, 6) is 0.475. The zero-order valence-corrected chi connectivity index (χ0v) is 24.2. The van der Waals surface area contributed by atoms with Crippen molar-refractivity contribution in [2.75, 3.05) is 18.6 Å². The number of aromatic hydroxyl groups is 1. The first-order valence-electron chi connectivity index (χ1n) is 13.3. The molecule has 3 amide bonds. The number of thioether (sulfide) groups is 1. The zero-order chi connectivity index (χ0) is 27.8. The second-order valence-electron chi connectivity index (χ2n) is 11.0. The molecule has 8 nitrogen and oxygen atoms in total. The van der Waals surface area contributed by atoms with Gasteiger partial charge in [0.1, 0.15) is 23.4 Å². The van der Waals surface area contributed by atoms with Crippen molar-refractivity contribution in [1.29, 1.82) is 0 Å². The predicted octanol–water partition coefficient (Wildman–Crippen LogP) is 4.93. The number of hydrogen-bond donors (Lipinski definition) is 3. The summed E-state index contributed by atoms with van der Waals surface area (Å²) in [6.07, 6.45) is 5.38. The fraction of sp³-hybridized carbons (Fsp3) is 0.679. The van der Waals surface area contributed by atoms with Gasteiger partial charge in [0, 0.05) is 12.6 Å². The maximum Gasteiger partial charge on any atom is 0.408 e. The molecular weight excluding hydrogens is 490 g/mol. The number of ether oxygens (including phenoxy) is 1. The number of alkyl carbamates (subject to hydrolysis) is 1. The summed E-state index contributed by atoms with van der Waals surface area (Å²) < 4.78 is 5.44. The van der Waals surface area contributed by atoms with Crippen LogP contribution in [0.2, 0.25) is 0 Å². The third kappa shape index (κ3) is 9.43. The highest BCUT2D eigenvalue weighted by Gasteiger charge is 2.48. The minimum absolute atomic E-state index is 0.120. The maximum absolute atomic E-state index is 14.1. The predicted molar refractivity (Wildman–Crippen MR) is 149 cm³/mol. The van der Waals surface area contributed by atoms with Crippen molar-refractivity contribution in [2.45, 2.75) is 97.4 Å². The number of hydrogen-bond acceptors (Lipinski definition) is 6. The van der Waals surface area contributed by atoms with E-state index in [1.807, 2.05) is 6.26 Å². The molecule has 4 unspecified atom stereocenters. The van der Waals surface area contributed by atoms with Crippen LogP contribution >= 0.6 is 11.8 Å². The maximum atomic E-state index is 14.1. The molecule has 1 aromatic carbocycles. The van der Waals surface area contributed by atoms with Crippen LogP contribution in [0.1, 0.15) is 83.9 Å². The Morgan fingerprint density at radius 3 is 2.46 bits per heavy atom. The van der Waals surface area contributed by atoms with Crippen LogP contribution in [0, 0.1) is 12.8 Å². The van der Waals surface area contributed by atoms with E-state index >= 15 is 0 Å². The van der Waals surface area contributed by atoms with Gasteiger partial charge in [-0.15, -0.1) is 0 Å². The molecule has 1 aliphatic rings. The van der Waals surface area contributed by atoms with Crippen LogP contribution in [0.15, 0.2) is 18.2 Å². The van der Waals surface area contributed by atoms with Crippen LogP contribution in [-0.2, 0) is 14.3 Å². The van der Waals surface area contributed by atoms with E-state index in [9.17, 15) is 19.5 Å². The molecule has 1 aliphatic carbocycles. The molecule has 2 rings (SSSR count). The minimum Gasteiger partial charge on any atom is -0.508 e. The van der Waals surface area contributed by atoms with E-state index in [1.165, 1.54) is 0 Å². The zero-order valence-electron chi connectivity index (χ0n) is 23.4. The summed E-state index contributed by atoms with van der Waals surface area (Å²) in [6.45, 7) is 11.8. The quantitative estimate of drug-likeness (QED) is 0.309. The topological polar surface area (TPSA) is 108 Å². The molecule has 37 heavy (non-hydrogen) atoms. The Morgan fingerprint density at radius 2 is 1.92 bits per heavy atom. The second kappa shape index (κ2) is 13.9. The third-order valence-electron chi connectivity index (χ3n) is 6.42. The van der Waals surface area contributed by atoms with Gasteiger partial charge < -0.3 is 25.4 Å². The molecular formula is C28H45N3O5S. The Morgan fingerprint density at radius 1 is 1.24 bits per heavy atom. The van der Waals surface area contributed by atoms with Crippen molar-refractivity contribution >= 4 is 29.7 Å². The van der Waals surface area contributed by atoms with Crippen LogP contribution in [-0.4, -0.2) is 64.2 Å². The number of phenolic OH excluding ortho intramolecular Hbond substituents is 1. The van der Waals surface area contributed by atoms with Gasteiger partial charge in [0.2, 0.25) is 11.8 Å². The molecule has 0 saturated heterocycles. The first kappa shape index (κ1) is 30.8. The molecule has 0 spiro atoms. The van der Waals surface area contributed by atoms with E-state index in [1.54, 1.807) is 62.6 Å². The lowest BCUT2D eigenvalue weighted by molar-refractivity contribution is -0.143. The smallest absolute Gasteiger partial charge is 0.408 e. The van der Waals surface area contributed by atoms with Gasteiger partial charge >= 0.3 is 6.09 Å². The highest BCUT2D eigenvalue weighted by molar-refractivity contribution is 7.98. The molecule has 4 atom stereocenters. The standard InChI is InChI=1S/C28H45N3O5S/c1-8-9-10-14-29-25(33)24(20-11-12-23(32)19(3)16-20)31(22-17-18(22)2)26(34)21(13-15-37-7)30-27(35)36-28(4,5)6/h11-12,16,18,21-22,24,32H,8-10,13-15,17H2,1-7H3,(H,29,33)(H,30,35). The fourth-order valence-corrected chi connectivity index (χ4v) is 4.74. The largest absolute Gasteiger partial charge is 0.508 e. The number of rotatable bonds is 13. The lowest BCUT2D eigenvalue weighted by Crippen LogP contribution is -2.54. The molecule has 0 bridgehead atoms. The molecule has 1 fully saturated rings. The average Bonchev–Trinajstić information content (AvgIpc) is 3.53. The molecule has 0 aliphatic heterocycles.